The summed E-state index contributed by atoms with van der Waals surface area (Å²) in [5.74, 6) is 1.29. The molecule has 1 fully saturated rings. The second-order valence-corrected chi connectivity index (χ2v) is 6.11. The van der Waals surface area contributed by atoms with Crippen LogP contribution >= 0.6 is 0 Å². The first-order chi connectivity index (χ1) is 10.8. The number of rotatable bonds is 9. The van der Waals surface area contributed by atoms with Crippen molar-refractivity contribution >= 4 is 11.9 Å². The van der Waals surface area contributed by atoms with Crippen molar-refractivity contribution in [3.8, 4) is 0 Å². The van der Waals surface area contributed by atoms with Gasteiger partial charge in [-0.15, -0.1) is 0 Å². The van der Waals surface area contributed by atoms with Gasteiger partial charge in [0.05, 0.1) is 0 Å². The van der Waals surface area contributed by atoms with Crippen LogP contribution in [0.15, 0.2) is 4.99 Å². The van der Waals surface area contributed by atoms with E-state index in [9.17, 15) is 4.79 Å². The Labute approximate surface area is 135 Å². The Bertz CT molecular complexity index is 325. The maximum Gasteiger partial charge on any atom is 0.223 e. The van der Waals surface area contributed by atoms with Crippen molar-refractivity contribution in [2.24, 2.45) is 10.9 Å². The molecule has 1 saturated carbocycles. The maximum atomic E-state index is 12.0. The average Bonchev–Trinajstić information content (AvgIpc) is 2.57. The largest absolute Gasteiger partial charge is 0.356 e. The molecular weight excluding hydrogens is 276 g/mol. The third kappa shape index (κ3) is 8.25. The number of amides is 1. The second kappa shape index (κ2) is 12.3. The maximum absolute atomic E-state index is 12.0. The van der Waals surface area contributed by atoms with Crippen molar-refractivity contribution in [1.29, 1.82) is 0 Å². The Morgan fingerprint density at radius 3 is 2.32 bits per heavy atom. The van der Waals surface area contributed by atoms with Crippen LogP contribution in [-0.2, 0) is 4.79 Å². The van der Waals surface area contributed by atoms with Crippen molar-refractivity contribution in [3.05, 3.63) is 0 Å². The van der Waals surface area contributed by atoms with E-state index < -0.39 is 0 Å². The van der Waals surface area contributed by atoms with Gasteiger partial charge in [-0.25, -0.2) is 0 Å². The highest BCUT2D eigenvalue weighted by Crippen LogP contribution is 2.23. The summed E-state index contributed by atoms with van der Waals surface area (Å²) in [6.07, 6.45) is 10.8. The highest BCUT2D eigenvalue weighted by atomic mass is 16.1. The van der Waals surface area contributed by atoms with E-state index in [2.05, 4.69) is 27.9 Å². The molecule has 0 saturated heterocycles. The molecule has 1 aliphatic rings. The summed E-state index contributed by atoms with van der Waals surface area (Å²) in [5, 5.41) is 9.58. The molecule has 0 aromatic carbocycles. The zero-order valence-corrected chi connectivity index (χ0v) is 14.4. The third-order valence-electron chi connectivity index (χ3n) is 4.24. The van der Waals surface area contributed by atoms with Crippen LogP contribution in [0.3, 0.4) is 0 Å². The molecular formula is C17H34N4O. The minimum Gasteiger partial charge on any atom is -0.356 e. The smallest absolute Gasteiger partial charge is 0.223 e. The summed E-state index contributed by atoms with van der Waals surface area (Å²) in [7, 11) is 1.78. The molecule has 128 valence electrons. The molecule has 1 rings (SSSR count). The predicted octanol–water partition coefficient (Wildman–Crippen LogP) is 2.43. The molecule has 5 nitrogen and oxygen atoms in total. The van der Waals surface area contributed by atoms with Crippen molar-refractivity contribution in [2.75, 3.05) is 26.7 Å². The first-order valence-corrected chi connectivity index (χ1v) is 9.00. The van der Waals surface area contributed by atoms with Crippen LogP contribution in [0, 0.1) is 5.92 Å². The monoisotopic (exact) mass is 310 g/mol. The Kier molecular flexibility index (Phi) is 10.5. The zero-order valence-electron chi connectivity index (χ0n) is 14.4. The molecule has 0 atom stereocenters. The minimum atomic E-state index is 0.226. The molecule has 0 radical (unpaired) electrons. The molecule has 0 heterocycles. The summed E-state index contributed by atoms with van der Waals surface area (Å²) < 4.78 is 0. The topological polar surface area (TPSA) is 65.5 Å². The molecule has 0 aromatic heterocycles. The molecule has 0 unspecified atom stereocenters. The van der Waals surface area contributed by atoms with E-state index in [4.69, 9.17) is 0 Å². The second-order valence-electron chi connectivity index (χ2n) is 6.11. The Morgan fingerprint density at radius 2 is 1.64 bits per heavy atom. The normalized spacial score (nSPS) is 16.4. The standard InChI is InChI=1S/C17H34N4O/c1-3-4-5-9-12-20-17(18-2)21-14-13-19-16(22)15-10-7-6-8-11-15/h15H,3-14H2,1-2H3,(H,19,22)(H2,18,20,21). The number of nitrogens with one attached hydrogen (secondary N) is 3. The van der Waals surface area contributed by atoms with Gasteiger partial charge in [-0.3, -0.25) is 9.79 Å². The lowest BCUT2D eigenvalue weighted by Gasteiger charge is -2.21. The first-order valence-electron chi connectivity index (χ1n) is 9.00. The van der Waals surface area contributed by atoms with Crippen LogP contribution in [0.5, 0.6) is 0 Å². The van der Waals surface area contributed by atoms with E-state index in [-0.39, 0.29) is 11.8 Å². The fraction of sp³-hybridized carbons (Fsp3) is 0.882. The lowest BCUT2D eigenvalue weighted by atomic mass is 9.89. The van der Waals surface area contributed by atoms with Gasteiger partial charge in [0.1, 0.15) is 0 Å². The van der Waals surface area contributed by atoms with Crippen molar-refractivity contribution in [3.63, 3.8) is 0 Å². The summed E-state index contributed by atoms with van der Waals surface area (Å²) in [6, 6.07) is 0. The van der Waals surface area contributed by atoms with E-state index in [1.54, 1.807) is 7.05 Å². The quantitative estimate of drug-likeness (QED) is 0.348. The number of unbranched alkanes of at least 4 members (excludes halogenated alkanes) is 3. The van der Waals surface area contributed by atoms with Crippen LogP contribution in [0.25, 0.3) is 0 Å². The molecule has 1 amide bonds. The Balaban J connectivity index is 2.04. The van der Waals surface area contributed by atoms with Crippen molar-refractivity contribution in [2.45, 2.75) is 64.7 Å². The first kappa shape index (κ1) is 18.8. The third-order valence-corrected chi connectivity index (χ3v) is 4.24. The highest BCUT2D eigenvalue weighted by molar-refractivity contribution is 5.80. The van der Waals surface area contributed by atoms with Gasteiger partial charge >= 0.3 is 0 Å². The number of aliphatic imine (C=N–C) groups is 1. The van der Waals surface area contributed by atoms with Gasteiger partial charge in [-0.05, 0) is 19.3 Å². The molecule has 0 spiro atoms. The van der Waals surface area contributed by atoms with Crippen molar-refractivity contribution in [1.82, 2.24) is 16.0 Å². The van der Waals surface area contributed by atoms with E-state index in [1.165, 1.54) is 44.9 Å². The lowest BCUT2D eigenvalue weighted by Crippen LogP contribution is -2.42. The van der Waals surface area contributed by atoms with E-state index in [1.807, 2.05) is 0 Å². The Morgan fingerprint density at radius 1 is 0.955 bits per heavy atom. The summed E-state index contributed by atoms with van der Waals surface area (Å²) in [6.45, 7) is 4.54. The minimum absolute atomic E-state index is 0.226. The zero-order chi connectivity index (χ0) is 16.0. The fourth-order valence-electron chi connectivity index (χ4n) is 2.85. The van der Waals surface area contributed by atoms with Gasteiger partial charge < -0.3 is 16.0 Å². The molecule has 5 heteroatoms. The number of carbonyl (C=O) groups is 1. The summed E-state index contributed by atoms with van der Waals surface area (Å²) >= 11 is 0. The Hall–Kier alpha value is -1.26. The number of hydrogen-bond donors (Lipinski definition) is 3. The average molecular weight is 310 g/mol. The molecule has 1 aliphatic carbocycles. The molecule has 0 bridgehead atoms. The van der Waals surface area contributed by atoms with Gasteiger partial charge in [-0.2, -0.15) is 0 Å². The lowest BCUT2D eigenvalue weighted by molar-refractivity contribution is -0.125. The summed E-state index contributed by atoms with van der Waals surface area (Å²) in [4.78, 5) is 16.2. The van der Waals surface area contributed by atoms with Crippen LogP contribution in [-0.4, -0.2) is 38.5 Å². The van der Waals surface area contributed by atoms with E-state index in [0.717, 1.165) is 25.3 Å². The SMILES string of the molecule is CCCCCCNC(=NC)NCCNC(=O)C1CCCCC1. The van der Waals surface area contributed by atoms with Crippen LogP contribution in [0.1, 0.15) is 64.7 Å². The summed E-state index contributed by atoms with van der Waals surface area (Å²) in [5.41, 5.74) is 0. The van der Waals surface area contributed by atoms with Crippen LogP contribution in [0.2, 0.25) is 0 Å². The fourth-order valence-corrected chi connectivity index (χ4v) is 2.85. The van der Waals surface area contributed by atoms with E-state index in [0.29, 0.717) is 13.1 Å². The van der Waals surface area contributed by atoms with Gasteiger partial charge in [0.25, 0.3) is 0 Å². The number of nitrogens with zero attached hydrogens (tertiary/aromatic N) is 1. The van der Waals surface area contributed by atoms with Gasteiger partial charge in [-0.1, -0.05) is 45.4 Å². The molecule has 3 N–H and O–H groups in total. The van der Waals surface area contributed by atoms with Gasteiger partial charge in [0.15, 0.2) is 5.96 Å². The number of carbonyl (C=O) groups excluding carboxylic acids is 1. The van der Waals surface area contributed by atoms with E-state index >= 15 is 0 Å². The number of hydrogen-bond acceptors (Lipinski definition) is 2. The molecule has 0 aromatic rings. The highest BCUT2D eigenvalue weighted by Gasteiger charge is 2.20. The predicted molar refractivity (Wildman–Crippen MR) is 93.1 cm³/mol. The number of guanidine groups is 1. The molecule has 22 heavy (non-hydrogen) atoms. The van der Waals surface area contributed by atoms with Gasteiger partial charge in [0, 0.05) is 32.6 Å². The van der Waals surface area contributed by atoms with Crippen LogP contribution < -0.4 is 16.0 Å². The van der Waals surface area contributed by atoms with Gasteiger partial charge in [0.2, 0.25) is 5.91 Å². The van der Waals surface area contributed by atoms with Crippen LogP contribution in [0.4, 0.5) is 0 Å². The van der Waals surface area contributed by atoms with Crippen molar-refractivity contribution < 1.29 is 4.79 Å². The molecule has 0 aliphatic heterocycles.